The number of furan rings is 1. The third-order valence-corrected chi connectivity index (χ3v) is 6.46. The summed E-state index contributed by atoms with van der Waals surface area (Å²) in [6.45, 7) is 9.43. The van der Waals surface area contributed by atoms with E-state index in [1.807, 2.05) is 19.1 Å². The number of nitrogens with zero attached hydrogens (tertiary/aromatic N) is 2. The Balaban J connectivity index is 1.37. The average Bonchev–Trinajstić information content (AvgIpc) is 3.37. The Labute approximate surface area is 178 Å². The monoisotopic (exact) mass is 413 g/mol. The van der Waals surface area contributed by atoms with E-state index in [0.29, 0.717) is 30.5 Å². The fraction of sp³-hybridized carbons (Fsp3) is 0.542. The standard InChI is InChI=1S/C24H32FN3O2/c1-17(28-12-3-4-13-28)9-11-26-24(29)23-18(2)30-22-10-14-27(16-21(22)23)15-19-5-7-20(25)8-6-19/h5-8,17H,3-4,9-16H2,1-2H3,(H,26,29)/t17-/m1/s1. The van der Waals surface area contributed by atoms with E-state index >= 15 is 0 Å². The highest BCUT2D eigenvalue weighted by Crippen LogP contribution is 2.29. The predicted octanol–water partition coefficient (Wildman–Crippen LogP) is 3.89. The number of carbonyl (C=O) groups is 1. The molecule has 1 fully saturated rings. The highest BCUT2D eigenvalue weighted by atomic mass is 19.1. The number of hydrogen-bond donors (Lipinski definition) is 1. The number of carbonyl (C=O) groups excluding carboxylic acids is 1. The van der Waals surface area contributed by atoms with Crippen LogP contribution in [0, 0.1) is 12.7 Å². The summed E-state index contributed by atoms with van der Waals surface area (Å²) in [5, 5.41) is 3.12. The van der Waals surface area contributed by atoms with Gasteiger partial charge in [-0.25, -0.2) is 4.39 Å². The van der Waals surface area contributed by atoms with E-state index in [0.717, 1.165) is 42.8 Å². The molecule has 0 radical (unpaired) electrons. The largest absolute Gasteiger partial charge is 0.465 e. The zero-order chi connectivity index (χ0) is 21.1. The molecule has 1 saturated heterocycles. The van der Waals surface area contributed by atoms with Gasteiger partial charge >= 0.3 is 0 Å². The second-order valence-corrected chi connectivity index (χ2v) is 8.66. The minimum absolute atomic E-state index is 0.0326. The summed E-state index contributed by atoms with van der Waals surface area (Å²) in [5.74, 6) is 1.38. The molecular weight excluding hydrogens is 381 g/mol. The Bertz CT molecular complexity index is 871. The molecule has 1 aromatic carbocycles. The molecule has 2 aromatic rings. The third kappa shape index (κ3) is 4.76. The van der Waals surface area contributed by atoms with Gasteiger partial charge in [0.15, 0.2) is 0 Å². The van der Waals surface area contributed by atoms with Gasteiger partial charge in [-0.15, -0.1) is 0 Å². The van der Waals surface area contributed by atoms with Crippen LogP contribution in [0.3, 0.4) is 0 Å². The van der Waals surface area contributed by atoms with Gasteiger partial charge in [0.1, 0.15) is 17.3 Å². The van der Waals surface area contributed by atoms with Crippen LogP contribution in [0.15, 0.2) is 28.7 Å². The summed E-state index contributed by atoms with van der Waals surface area (Å²) >= 11 is 0. The third-order valence-electron chi connectivity index (χ3n) is 6.46. The van der Waals surface area contributed by atoms with Crippen molar-refractivity contribution in [1.29, 1.82) is 0 Å². The predicted molar refractivity (Wildman–Crippen MR) is 115 cm³/mol. The maximum absolute atomic E-state index is 13.2. The Kier molecular flexibility index (Phi) is 6.54. The molecule has 3 heterocycles. The van der Waals surface area contributed by atoms with Gasteiger partial charge in [0.05, 0.1) is 5.56 Å². The molecule has 30 heavy (non-hydrogen) atoms. The summed E-state index contributed by atoms with van der Waals surface area (Å²) in [4.78, 5) is 17.8. The average molecular weight is 414 g/mol. The van der Waals surface area contributed by atoms with Gasteiger partial charge in [0.2, 0.25) is 0 Å². The highest BCUT2D eigenvalue weighted by Gasteiger charge is 2.28. The topological polar surface area (TPSA) is 48.7 Å². The van der Waals surface area contributed by atoms with Gasteiger partial charge in [-0.3, -0.25) is 9.69 Å². The van der Waals surface area contributed by atoms with Crippen LogP contribution in [0.25, 0.3) is 0 Å². The number of rotatable bonds is 7. The number of fused-ring (bicyclic) bond motifs is 1. The number of likely N-dealkylation sites (tertiary alicyclic amines) is 1. The van der Waals surface area contributed by atoms with Crippen LogP contribution in [0.4, 0.5) is 4.39 Å². The number of benzene rings is 1. The van der Waals surface area contributed by atoms with Crippen LogP contribution in [0.5, 0.6) is 0 Å². The van der Waals surface area contributed by atoms with Crippen molar-refractivity contribution in [2.24, 2.45) is 0 Å². The van der Waals surface area contributed by atoms with Gasteiger partial charge in [0.25, 0.3) is 5.91 Å². The Morgan fingerprint density at radius 3 is 2.67 bits per heavy atom. The fourth-order valence-corrected chi connectivity index (χ4v) is 4.71. The Morgan fingerprint density at radius 2 is 1.93 bits per heavy atom. The van der Waals surface area contributed by atoms with E-state index in [-0.39, 0.29) is 11.7 Å². The first-order valence-electron chi connectivity index (χ1n) is 11.1. The van der Waals surface area contributed by atoms with E-state index in [4.69, 9.17) is 4.42 Å². The molecule has 4 rings (SSSR count). The van der Waals surface area contributed by atoms with Crippen molar-refractivity contribution in [2.45, 2.75) is 58.7 Å². The SMILES string of the molecule is Cc1oc2c(c1C(=O)NCC[C@@H](C)N1CCCC1)CN(Cc1ccc(F)cc1)CC2. The second kappa shape index (κ2) is 9.31. The normalized spacial score (nSPS) is 18.4. The summed E-state index contributed by atoms with van der Waals surface area (Å²) in [6, 6.07) is 7.13. The number of hydrogen-bond acceptors (Lipinski definition) is 4. The molecule has 1 atom stereocenters. The summed E-state index contributed by atoms with van der Waals surface area (Å²) in [5.41, 5.74) is 2.77. The number of halogens is 1. The first-order chi connectivity index (χ1) is 14.5. The maximum Gasteiger partial charge on any atom is 0.255 e. The second-order valence-electron chi connectivity index (χ2n) is 8.66. The molecule has 0 aliphatic carbocycles. The van der Waals surface area contributed by atoms with Crippen LogP contribution >= 0.6 is 0 Å². The summed E-state index contributed by atoms with van der Waals surface area (Å²) in [6.07, 6.45) is 4.31. The van der Waals surface area contributed by atoms with Crippen molar-refractivity contribution in [3.63, 3.8) is 0 Å². The lowest BCUT2D eigenvalue weighted by Gasteiger charge is -2.26. The van der Waals surface area contributed by atoms with Gasteiger partial charge in [0, 0.05) is 44.2 Å². The summed E-state index contributed by atoms with van der Waals surface area (Å²) in [7, 11) is 0. The van der Waals surface area contributed by atoms with Crippen molar-refractivity contribution in [3.8, 4) is 0 Å². The van der Waals surface area contributed by atoms with Crippen LogP contribution in [-0.2, 0) is 19.5 Å². The lowest BCUT2D eigenvalue weighted by molar-refractivity contribution is 0.0946. The van der Waals surface area contributed by atoms with E-state index in [9.17, 15) is 9.18 Å². The van der Waals surface area contributed by atoms with Crippen LogP contribution in [-0.4, -0.2) is 47.9 Å². The number of amides is 1. The maximum atomic E-state index is 13.2. The van der Waals surface area contributed by atoms with Crippen LogP contribution < -0.4 is 5.32 Å². The number of aryl methyl sites for hydroxylation is 1. The molecule has 2 aliphatic heterocycles. The van der Waals surface area contributed by atoms with Crippen molar-refractivity contribution in [2.75, 3.05) is 26.2 Å². The molecule has 162 valence electrons. The molecule has 0 saturated carbocycles. The highest BCUT2D eigenvalue weighted by molar-refractivity contribution is 5.97. The van der Waals surface area contributed by atoms with Crippen LogP contribution in [0.1, 0.15) is 59.2 Å². The first kappa shape index (κ1) is 21.1. The molecule has 0 unspecified atom stereocenters. The molecule has 1 N–H and O–H groups in total. The van der Waals surface area contributed by atoms with Crippen molar-refractivity contribution >= 4 is 5.91 Å². The van der Waals surface area contributed by atoms with Gasteiger partial charge < -0.3 is 14.6 Å². The molecule has 6 heteroatoms. The lowest BCUT2D eigenvalue weighted by atomic mass is 10.0. The molecule has 0 bridgehead atoms. The van der Waals surface area contributed by atoms with E-state index in [1.165, 1.54) is 38.1 Å². The van der Waals surface area contributed by atoms with Gasteiger partial charge in [-0.2, -0.15) is 0 Å². The van der Waals surface area contributed by atoms with Crippen LogP contribution in [0.2, 0.25) is 0 Å². The van der Waals surface area contributed by atoms with Gasteiger partial charge in [-0.05, 0) is 63.9 Å². The minimum atomic E-state index is -0.219. The molecule has 5 nitrogen and oxygen atoms in total. The molecular formula is C24H32FN3O2. The lowest BCUT2D eigenvalue weighted by Crippen LogP contribution is -2.35. The van der Waals surface area contributed by atoms with Crippen molar-refractivity contribution in [3.05, 3.63) is 58.3 Å². The molecule has 1 amide bonds. The number of nitrogens with one attached hydrogen (secondary N) is 1. The van der Waals surface area contributed by atoms with Crippen molar-refractivity contribution < 1.29 is 13.6 Å². The van der Waals surface area contributed by atoms with Gasteiger partial charge in [-0.1, -0.05) is 12.1 Å². The molecule has 0 spiro atoms. The zero-order valence-corrected chi connectivity index (χ0v) is 18.0. The zero-order valence-electron chi connectivity index (χ0n) is 18.0. The van der Waals surface area contributed by atoms with E-state index in [1.54, 1.807) is 0 Å². The minimum Gasteiger partial charge on any atom is -0.465 e. The first-order valence-corrected chi connectivity index (χ1v) is 11.1. The molecule has 2 aliphatic rings. The molecule has 1 aromatic heterocycles. The van der Waals surface area contributed by atoms with E-state index < -0.39 is 0 Å². The Hall–Kier alpha value is -2.18. The Morgan fingerprint density at radius 1 is 1.20 bits per heavy atom. The quantitative estimate of drug-likeness (QED) is 0.748. The smallest absolute Gasteiger partial charge is 0.255 e. The van der Waals surface area contributed by atoms with Crippen molar-refractivity contribution in [1.82, 2.24) is 15.1 Å². The fourth-order valence-electron chi connectivity index (χ4n) is 4.71. The van der Waals surface area contributed by atoms with E-state index in [2.05, 4.69) is 22.0 Å². The summed E-state index contributed by atoms with van der Waals surface area (Å²) < 4.78 is 19.1.